The Hall–Kier alpha value is -2.75. The second kappa shape index (κ2) is 4.12. The highest BCUT2D eigenvalue weighted by molar-refractivity contribution is 6.11. The SMILES string of the molecule is CC(=O)n1c2ccc(C)cc2c2nc3ccccc3nc21. The van der Waals surface area contributed by atoms with E-state index >= 15 is 0 Å². The zero-order valence-corrected chi connectivity index (χ0v) is 11.8. The van der Waals surface area contributed by atoms with Gasteiger partial charge in [0.25, 0.3) is 0 Å². The molecule has 0 saturated carbocycles. The van der Waals surface area contributed by atoms with Crippen molar-refractivity contribution in [3.05, 3.63) is 48.0 Å². The van der Waals surface area contributed by atoms with Crippen LogP contribution in [0.4, 0.5) is 0 Å². The van der Waals surface area contributed by atoms with E-state index in [1.54, 1.807) is 11.5 Å². The minimum Gasteiger partial charge on any atom is -0.274 e. The molecule has 0 amide bonds. The third-order valence-electron chi connectivity index (χ3n) is 3.73. The van der Waals surface area contributed by atoms with Gasteiger partial charge in [0, 0.05) is 12.3 Å². The average Bonchev–Trinajstić information content (AvgIpc) is 2.78. The monoisotopic (exact) mass is 275 g/mol. The normalized spacial score (nSPS) is 11.5. The van der Waals surface area contributed by atoms with E-state index in [1.165, 1.54) is 0 Å². The van der Waals surface area contributed by atoms with Crippen molar-refractivity contribution >= 4 is 39.0 Å². The molecule has 0 unspecified atom stereocenters. The predicted molar refractivity (Wildman–Crippen MR) is 83.6 cm³/mol. The first-order chi connectivity index (χ1) is 10.1. The van der Waals surface area contributed by atoms with Gasteiger partial charge in [0.05, 0.1) is 16.6 Å². The molecule has 0 spiro atoms. The summed E-state index contributed by atoms with van der Waals surface area (Å²) in [7, 11) is 0. The quantitative estimate of drug-likeness (QED) is 0.491. The van der Waals surface area contributed by atoms with Gasteiger partial charge in [0.1, 0.15) is 5.52 Å². The minimum absolute atomic E-state index is 0.0524. The van der Waals surface area contributed by atoms with Crippen LogP contribution in [0.25, 0.3) is 33.1 Å². The molecule has 0 bridgehead atoms. The molecule has 0 saturated heterocycles. The van der Waals surface area contributed by atoms with Crippen LogP contribution in [0.15, 0.2) is 42.5 Å². The number of fused-ring (bicyclic) bond motifs is 4. The number of para-hydroxylation sites is 2. The van der Waals surface area contributed by atoms with Gasteiger partial charge in [-0.2, -0.15) is 0 Å². The smallest absolute Gasteiger partial charge is 0.229 e. The molecule has 21 heavy (non-hydrogen) atoms. The van der Waals surface area contributed by atoms with Gasteiger partial charge in [-0.15, -0.1) is 0 Å². The maximum absolute atomic E-state index is 12.1. The predicted octanol–water partition coefficient (Wildman–Crippen LogP) is 3.71. The molecule has 4 nitrogen and oxygen atoms in total. The van der Waals surface area contributed by atoms with Gasteiger partial charge in [-0.3, -0.25) is 9.36 Å². The Morgan fingerprint density at radius 3 is 2.48 bits per heavy atom. The van der Waals surface area contributed by atoms with Gasteiger partial charge in [-0.25, -0.2) is 9.97 Å². The second-order valence-electron chi connectivity index (χ2n) is 5.26. The largest absolute Gasteiger partial charge is 0.274 e. The highest BCUT2D eigenvalue weighted by Crippen LogP contribution is 2.28. The van der Waals surface area contributed by atoms with Crippen molar-refractivity contribution in [3.8, 4) is 0 Å². The lowest BCUT2D eigenvalue weighted by atomic mass is 10.1. The highest BCUT2D eigenvalue weighted by Gasteiger charge is 2.16. The first-order valence-corrected chi connectivity index (χ1v) is 6.83. The first-order valence-electron chi connectivity index (χ1n) is 6.83. The van der Waals surface area contributed by atoms with Gasteiger partial charge < -0.3 is 0 Å². The van der Waals surface area contributed by atoms with E-state index in [9.17, 15) is 4.79 Å². The van der Waals surface area contributed by atoms with Gasteiger partial charge in [0.2, 0.25) is 5.91 Å². The van der Waals surface area contributed by atoms with Crippen molar-refractivity contribution < 1.29 is 4.79 Å². The molecule has 0 aliphatic rings. The molecular weight excluding hydrogens is 262 g/mol. The summed E-state index contributed by atoms with van der Waals surface area (Å²) in [5.74, 6) is -0.0524. The zero-order chi connectivity index (χ0) is 14.6. The van der Waals surface area contributed by atoms with Crippen LogP contribution in [0, 0.1) is 6.92 Å². The summed E-state index contributed by atoms with van der Waals surface area (Å²) < 4.78 is 1.64. The van der Waals surface area contributed by atoms with Crippen molar-refractivity contribution in [2.24, 2.45) is 0 Å². The molecule has 0 radical (unpaired) electrons. The molecule has 0 aliphatic carbocycles. The third-order valence-corrected chi connectivity index (χ3v) is 3.73. The second-order valence-corrected chi connectivity index (χ2v) is 5.26. The van der Waals surface area contributed by atoms with E-state index in [0.29, 0.717) is 5.65 Å². The number of carbonyl (C=O) groups excluding carboxylic acids is 1. The Kier molecular flexibility index (Phi) is 2.36. The summed E-state index contributed by atoms with van der Waals surface area (Å²) in [4.78, 5) is 21.4. The van der Waals surface area contributed by atoms with Crippen LogP contribution in [-0.4, -0.2) is 20.4 Å². The molecule has 4 heteroatoms. The van der Waals surface area contributed by atoms with Crippen LogP contribution in [-0.2, 0) is 0 Å². The Labute approximate surface area is 121 Å². The van der Waals surface area contributed by atoms with Crippen LogP contribution < -0.4 is 0 Å². The molecule has 2 aromatic heterocycles. The van der Waals surface area contributed by atoms with Crippen LogP contribution in [0.3, 0.4) is 0 Å². The minimum atomic E-state index is -0.0524. The Morgan fingerprint density at radius 1 is 1.05 bits per heavy atom. The maximum Gasteiger partial charge on any atom is 0.229 e. The van der Waals surface area contributed by atoms with Gasteiger partial charge in [-0.1, -0.05) is 23.8 Å². The Bertz CT molecular complexity index is 1030. The summed E-state index contributed by atoms with van der Waals surface area (Å²) in [5.41, 5.74) is 5.05. The van der Waals surface area contributed by atoms with Crippen LogP contribution in [0.1, 0.15) is 17.3 Å². The fourth-order valence-electron chi connectivity index (χ4n) is 2.79. The lowest BCUT2D eigenvalue weighted by molar-refractivity contribution is 0.0946. The lowest BCUT2D eigenvalue weighted by Crippen LogP contribution is -2.06. The number of aromatic nitrogens is 3. The van der Waals surface area contributed by atoms with Gasteiger partial charge in [0.15, 0.2) is 5.65 Å². The van der Waals surface area contributed by atoms with E-state index in [4.69, 9.17) is 4.98 Å². The molecule has 2 heterocycles. The summed E-state index contributed by atoms with van der Waals surface area (Å²) in [5, 5.41) is 0.971. The maximum atomic E-state index is 12.1. The number of aryl methyl sites for hydroxylation is 1. The van der Waals surface area contributed by atoms with E-state index in [-0.39, 0.29) is 5.91 Å². The van der Waals surface area contributed by atoms with Crippen LogP contribution in [0.5, 0.6) is 0 Å². The summed E-state index contributed by atoms with van der Waals surface area (Å²) in [6.45, 7) is 3.58. The Balaban J connectivity index is 2.31. The summed E-state index contributed by atoms with van der Waals surface area (Å²) >= 11 is 0. The molecule has 0 fully saturated rings. The fourth-order valence-corrected chi connectivity index (χ4v) is 2.79. The van der Waals surface area contributed by atoms with E-state index in [1.807, 2.05) is 43.3 Å². The van der Waals surface area contributed by atoms with Crippen LogP contribution in [0.2, 0.25) is 0 Å². The summed E-state index contributed by atoms with van der Waals surface area (Å²) in [6, 6.07) is 13.7. The molecular formula is C17H13N3O. The molecule has 0 atom stereocenters. The highest BCUT2D eigenvalue weighted by atomic mass is 16.1. The van der Waals surface area contributed by atoms with E-state index < -0.39 is 0 Å². The van der Waals surface area contributed by atoms with Crippen molar-refractivity contribution in [2.45, 2.75) is 13.8 Å². The molecule has 4 aromatic rings. The molecule has 0 N–H and O–H groups in total. The standard InChI is InChI=1S/C17H13N3O/c1-10-7-8-15-12(9-10)16-17(20(15)11(2)21)19-14-6-4-3-5-13(14)18-16/h3-9H,1-2H3. The number of nitrogens with zero attached hydrogens (tertiary/aromatic N) is 3. The number of carbonyl (C=O) groups is 1. The third kappa shape index (κ3) is 1.65. The molecule has 0 aliphatic heterocycles. The molecule has 4 rings (SSSR count). The van der Waals surface area contributed by atoms with E-state index in [0.717, 1.165) is 33.0 Å². The molecule has 2 aromatic carbocycles. The van der Waals surface area contributed by atoms with Crippen molar-refractivity contribution in [1.82, 2.24) is 14.5 Å². The Morgan fingerprint density at radius 2 is 1.76 bits per heavy atom. The van der Waals surface area contributed by atoms with Crippen molar-refractivity contribution in [1.29, 1.82) is 0 Å². The van der Waals surface area contributed by atoms with Crippen LogP contribution >= 0.6 is 0 Å². The zero-order valence-electron chi connectivity index (χ0n) is 11.8. The topological polar surface area (TPSA) is 47.8 Å². The molecule has 102 valence electrons. The fraction of sp³-hybridized carbons (Fsp3) is 0.118. The van der Waals surface area contributed by atoms with Gasteiger partial charge in [-0.05, 0) is 31.2 Å². The summed E-state index contributed by atoms with van der Waals surface area (Å²) in [6.07, 6.45) is 0. The number of hydrogen-bond donors (Lipinski definition) is 0. The number of hydrogen-bond acceptors (Lipinski definition) is 3. The first kappa shape index (κ1) is 12.0. The van der Waals surface area contributed by atoms with Crippen molar-refractivity contribution in [3.63, 3.8) is 0 Å². The number of benzene rings is 2. The van der Waals surface area contributed by atoms with Gasteiger partial charge >= 0.3 is 0 Å². The number of rotatable bonds is 0. The average molecular weight is 275 g/mol. The van der Waals surface area contributed by atoms with Crippen molar-refractivity contribution in [2.75, 3.05) is 0 Å². The lowest BCUT2D eigenvalue weighted by Gasteiger charge is -2.01. The van der Waals surface area contributed by atoms with E-state index in [2.05, 4.69) is 11.1 Å².